The van der Waals surface area contributed by atoms with E-state index < -0.39 is 0 Å². The second-order valence-corrected chi connectivity index (χ2v) is 5.27. The van der Waals surface area contributed by atoms with Crippen molar-refractivity contribution in [3.8, 4) is 0 Å². The number of carbonyl (C=O) groups excluding carboxylic acids is 1. The molecule has 118 valence electrons. The molecule has 1 aromatic carbocycles. The summed E-state index contributed by atoms with van der Waals surface area (Å²) < 4.78 is 0. The predicted octanol–water partition coefficient (Wildman–Crippen LogP) is 1.71. The minimum absolute atomic E-state index is 0.0147. The molecule has 0 radical (unpaired) electrons. The molecule has 2 amide bonds. The standard InChI is InChI=1S/C16H27N3O2/c1-4-13(2)19(3)10-9-17-16(21)18-11-14-7-5-6-8-15(14)12-20/h5-8,13,20H,4,9-12H2,1-3H3,(H2,17,18,21). The number of benzene rings is 1. The van der Waals surface area contributed by atoms with E-state index in [0.29, 0.717) is 19.1 Å². The van der Waals surface area contributed by atoms with Crippen molar-refractivity contribution in [3.63, 3.8) is 0 Å². The van der Waals surface area contributed by atoms with Crippen LogP contribution in [0.1, 0.15) is 31.4 Å². The number of rotatable bonds is 8. The highest BCUT2D eigenvalue weighted by atomic mass is 16.3. The highest BCUT2D eigenvalue weighted by molar-refractivity contribution is 5.73. The van der Waals surface area contributed by atoms with Gasteiger partial charge in [0.2, 0.25) is 0 Å². The van der Waals surface area contributed by atoms with Crippen molar-refractivity contribution in [3.05, 3.63) is 35.4 Å². The van der Waals surface area contributed by atoms with Crippen LogP contribution in [-0.4, -0.2) is 42.2 Å². The lowest BCUT2D eigenvalue weighted by Gasteiger charge is -2.23. The van der Waals surface area contributed by atoms with E-state index >= 15 is 0 Å². The van der Waals surface area contributed by atoms with Crippen LogP contribution in [0.4, 0.5) is 4.79 Å². The Hall–Kier alpha value is -1.59. The third-order valence-electron chi connectivity index (χ3n) is 3.82. The van der Waals surface area contributed by atoms with Gasteiger partial charge in [0.25, 0.3) is 0 Å². The number of hydrogen-bond donors (Lipinski definition) is 3. The molecule has 0 bridgehead atoms. The number of nitrogens with one attached hydrogen (secondary N) is 2. The molecular weight excluding hydrogens is 266 g/mol. The summed E-state index contributed by atoms with van der Waals surface area (Å²) in [6.07, 6.45) is 1.10. The first-order valence-electron chi connectivity index (χ1n) is 7.48. The SMILES string of the molecule is CCC(C)N(C)CCNC(=O)NCc1ccccc1CO. The van der Waals surface area contributed by atoms with Gasteiger partial charge in [0.15, 0.2) is 0 Å². The Kier molecular flexibility index (Phi) is 7.79. The maximum absolute atomic E-state index is 11.7. The summed E-state index contributed by atoms with van der Waals surface area (Å²) in [7, 11) is 2.06. The largest absolute Gasteiger partial charge is 0.392 e. The Labute approximate surface area is 127 Å². The van der Waals surface area contributed by atoms with Crippen molar-refractivity contribution in [1.29, 1.82) is 0 Å². The highest BCUT2D eigenvalue weighted by Gasteiger charge is 2.07. The van der Waals surface area contributed by atoms with Crippen molar-refractivity contribution in [1.82, 2.24) is 15.5 Å². The molecule has 0 aliphatic carbocycles. The lowest BCUT2D eigenvalue weighted by atomic mass is 10.1. The van der Waals surface area contributed by atoms with Crippen LogP contribution in [-0.2, 0) is 13.2 Å². The average Bonchev–Trinajstić information content (AvgIpc) is 2.52. The summed E-state index contributed by atoms with van der Waals surface area (Å²) in [5, 5.41) is 14.9. The van der Waals surface area contributed by atoms with Gasteiger partial charge in [-0.2, -0.15) is 0 Å². The number of aliphatic hydroxyl groups excluding tert-OH is 1. The molecular formula is C16H27N3O2. The fraction of sp³-hybridized carbons (Fsp3) is 0.562. The predicted molar refractivity (Wildman–Crippen MR) is 85.0 cm³/mol. The number of aliphatic hydroxyl groups is 1. The van der Waals surface area contributed by atoms with E-state index in [-0.39, 0.29) is 12.6 Å². The van der Waals surface area contributed by atoms with Crippen LogP contribution in [0.3, 0.4) is 0 Å². The molecule has 1 aromatic rings. The second kappa shape index (κ2) is 9.37. The fourth-order valence-electron chi connectivity index (χ4n) is 2.00. The molecule has 21 heavy (non-hydrogen) atoms. The van der Waals surface area contributed by atoms with E-state index in [9.17, 15) is 9.90 Å². The zero-order valence-electron chi connectivity index (χ0n) is 13.2. The van der Waals surface area contributed by atoms with Crippen LogP contribution in [0.2, 0.25) is 0 Å². The molecule has 1 unspecified atom stereocenters. The smallest absolute Gasteiger partial charge is 0.315 e. The van der Waals surface area contributed by atoms with E-state index in [2.05, 4.69) is 36.4 Å². The van der Waals surface area contributed by atoms with E-state index in [4.69, 9.17) is 0 Å². The zero-order valence-corrected chi connectivity index (χ0v) is 13.2. The van der Waals surface area contributed by atoms with Crippen LogP contribution >= 0.6 is 0 Å². The van der Waals surface area contributed by atoms with Gasteiger partial charge < -0.3 is 20.6 Å². The monoisotopic (exact) mass is 293 g/mol. The fourth-order valence-corrected chi connectivity index (χ4v) is 2.00. The molecule has 5 nitrogen and oxygen atoms in total. The lowest BCUT2D eigenvalue weighted by Crippen LogP contribution is -2.41. The number of likely N-dealkylation sites (N-methyl/N-ethyl adjacent to an activating group) is 1. The quantitative estimate of drug-likeness (QED) is 0.683. The van der Waals surface area contributed by atoms with E-state index in [0.717, 1.165) is 24.1 Å². The van der Waals surface area contributed by atoms with Gasteiger partial charge in [-0.1, -0.05) is 31.2 Å². The van der Waals surface area contributed by atoms with Gasteiger partial charge in [0, 0.05) is 25.7 Å². The van der Waals surface area contributed by atoms with Crippen molar-refractivity contribution < 1.29 is 9.90 Å². The lowest BCUT2D eigenvalue weighted by molar-refractivity contribution is 0.230. The van der Waals surface area contributed by atoms with Crippen LogP contribution in [0.25, 0.3) is 0 Å². The van der Waals surface area contributed by atoms with Gasteiger partial charge in [0.1, 0.15) is 0 Å². The summed E-state index contributed by atoms with van der Waals surface area (Å²) in [5.74, 6) is 0. The van der Waals surface area contributed by atoms with Crippen LogP contribution in [0.15, 0.2) is 24.3 Å². The first-order chi connectivity index (χ1) is 10.1. The number of amides is 2. The van der Waals surface area contributed by atoms with Crippen molar-refractivity contribution in [2.75, 3.05) is 20.1 Å². The molecule has 0 aliphatic heterocycles. The van der Waals surface area contributed by atoms with Gasteiger partial charge in [-0.05, 0) is 31.5 Å². The maximum Gasteiger partial charge on any atom is 0.315 e. The number of hydrogen-bond acceptors (Lipinski definition) is 3. The Morgan fingerprint density at radius 1 is 1.29 bits per heavy atom. The molecule has 0 saturated carbocycles. The Balaban J connectivity index is 2.28. The van der Waals surface area contributed by atoms with Gasteiger partial charge in [-0.3, -0.25) is 0 Å². The van der Waals surface area contributed by atoms with Crippen LogP contribution in [0.5, 0.6) is 0 Å². The molecule has 0 saturated heterocycles. The highest BCUT2D eigenvalue weighted by Crippen LogP contribution is 2.07. The van der Waals surface area contributed by atoms with Crippen molar-refractivity contribution >= 4 is 6.03 Å². The molecule has 1 rings (SSSR count). The molecule has 0 spiro atoms. The zero-order chi connectivity index (χ0) is 15.7. The van der Waals surface area contributed by atoms with Crippen molar-refractivity contribution in [2.24, 2.45) is 0 Å². The minimum Gasteiger partial charge on any atom is -0.392 e. The van der Waals surface area contributed by atoms with E-state index in [1.54, 1.807) is 0 Å². The molecule has 5 heteroatoms. The minimum atomic E-state index is -0.180. The Morgan fingerprint density at radius 2 is 1.95 bits per heavy atom. The summed E-state index contributed by atoms with van der Waals surface area (Å²) >= 11 is 0. The van der Waals surface area contributed by atoms with Gasteiger partial charge >= 0.3 is 6.03 Å². The third-order valence-corrected chi connectivity index (χ3v) is 3.82. The number of nitrogens with zero attached hydrogens (tertiary/aromatic N) is 1. The summed E-state index contributed by atoms with van der Waals surface area (Å²) in [4.78, 5) is 14.0. The van der Waals surface area contributed by atoms with Gasteiger partial charge in [0.05, 0.1) is 6.61 Å². The second-order valence-electron chi connectivity index (χ2n) is 5.27. The average molecular weight is 293 g/mol. The van der Waals surface area contributed by atoms with Gasteiger partial charge in [-0.15, -0.1) is 0 Å². The first-order valence-corrected chi connectivity index (χ1v) is 7.48. The topological polar surface area (TPSA) is 64.6 Å². The molecule has 0 aliphatic rings. The molecule has 0 aromatic heterocycles. The Morgan fingerprint density at radius 3 is 2.57 bits per heavy atom. The van der Waals surface area contributed by atoms with Gasteiger partial charge in [-0.25, -0.2) is 4.79 Å². The number of carbonyl (C=O) groups is 1. The third kappa shape index (κ3) is 6.14. The first kappa shape index (κ1) is 17.5. The summed E-state index contributed by atoms with van der Waals surface area (Å²) in [5.41, 5.74) is 1.78. The van der Waals surface area contributed by atoms with E-state index in [1.807, 2.05) is 24.3 Å². The molecule has 1 atom stereocenters. The summed E-state index contributed by atoms with van der Waals surface area (Å²) in [6, 6.07) is 7.87. The molecule has 0 heterocycles. The molecule has 0 fully saturated rings. The van der Waals surface area contributed by atoms with E-state index in [1.165, 1.54) is 0 Å². The normalized spacial score (nSPS) is 12.2. The Bertz CT molecular complexity index is 437. The van der Waals surface area contributed by atoms with Crippen LogP contribution < -0.4 is 10.6 Å². The number of urea groups is 1. The molecule has 3 N–H and O–H groups in total. The summed E-state index contributed by atoms with van der Waals surface area (Å²) in [6.45, 7) is 6.18. The maximum atomic E-state index is 11.7. The van der Waals surface area contributed by atoms with Crippen molar-refractivity contribution in [2.45, 2.75) is 39.5 Å². The van der Waals surface area contributed by atoms with Crippen LogP contribution in [0, 0.1) is 0 Å².